The van der Waals surface area contributed by atoms with E-state index in [1.807, 2.05) is 0 Å². The quantitative estimate of drug-likeness (QED) is 0.362. The lowest BCUT2D eigenvalue weighted by Gasteiger charge is -2.00. The monoisotopic (exact) mass is 296 g/mol. The zero-order chi connectivity index (χ0) is 15.0. The zero-order valence-corrected chi connectivity index (χ0v) is 12.0. The Morgan fingerprint density at radius 1 is 1.45 bits per heavy atom. The van der Waals surface area contributed by atoms with E-state index >= 15 is 0 Å². The van der Waals surface area contributed by atoms with Gasteiger partial charge in [-0.2, -0.15) is 0 Å². The third-order valence-electron chi connectivity index (χ3n) is 2.67. The Labute approximate surface area is 122 Å². The number of amides is 1. The second kappa shape index (κ2) is 8.32. The van der Waals surface area contributed by atoms with Gasteiger partial charge in [0.1, 0.15) is 5.02 Å². The van der Waals surface area contributed by atoms with Gasteiger partial charge >= 0.3 is 0 Å². The summed E-state index contributed by atoms with van der Waals surface area (Å²) in [6.07, 6.45) is 6.01. The molecule has 0 aliphatic heterocycles. The molecule has 0 saturated heterocycles. The van der Waals surface area contributed by atoms with E-state index in [2.05, 4.69) is 12.2 Å². The lowest BCUT2D eigenvalue weighted by Crippen LogP contribution is -2.21. The predicted octanol–water partition coefficient (Wildman–Crippen LogP) is 3.57. The summed E-state index contributed by atoms with van der Waals surface area (Å²) in [6.45, 7) is 2.73. The van der Waals surface area contributed by atoms with Gasteiger partial charge in [0, 0.05) is 18.7 Å². The van der Waals surface area contributed by atoms with Gasteiger partial charge in [0.2, 0.25) is 5.91 Å². The minimum Gasteiger partial charge on any atom is -0.353 e. The standard InChI is InChI=1S/C14H17ClN2O3/c1-2-3-4-9-16-14(18)8-6-11-5-7-12(15)13(10-11)17(19)20/h5-8,10H,2-4,9H2,1H3,(H,16,18)/b8-6+. The summed E-state index contributed by atoms with van der Waals surface area (Å²) >= 11 is 5.71. The van der Waals surface area contributed by atoms with Crippen LogP contribution in [-0.2, 0) is 4.79 Å². The van der Waals surface area contributed by atoms with Gasteiger partial charge < -0.3 is 5.32 Å². The minimum atomic E-state index is -0.551. The first-order valence-corrected chi connectivity index (χ1v) is 6.82. The number of rotatable bonds is 7. The van der Waals surface area contributed by atoms with Crippen LogP contribution >= 0.6 is 11.6 Å². The van der Waals surface area contributed by atoms with Crippen molar-refractivity contribution in [3.8, 4) is 0 Å². The largest absolute Gasteiger partial charge is 0.353 e. The molecule has 0 fully saturated rings. The highest BCUT2D eigenvalue weighted by molar-refractivity contribution is 6.32. The Bertz CT molecular complexity index is 515. The molecule has 0 aromatic heterocycles. The summed E-state index contributed by atoms with van der Waals surface area (Å²) in [7, 11) is 0. The van der Waals surface area contributed by atoms with Gasteiger partial charge in [-0.25, -0.2) is 0 Å². The predicted molar refractivity (Wildman–Crippen MR) is 79.7 cm³/mol. The van der Waals surface area contributed by atoms with Gasteiger partial charge in [0.05, 0.1) is 4.92 Å². The smallest absolute Gasteiger partial charge is 0.288 e. The second-order valence-electron chi connectivity index (χ2n) is 4.30. The third kappa shape index (κ3) is 5.40. The van der Waals surface area contributed by atoms with Crippen LogP contribution in [0.4, 0.5) is 5.69 Å². The fraction of sp³-hybridized carbons (Fsp3) is 0.357. The number of halogens is 1. The average Bonchev–Trinajstić information content (AvgIpc) is 2.42. The highest BCUT2D eigenvalue weighted by Gasteiger charge is 2.11. The van der Waals surface area contributed by atoms with Gasteiger partial charge in [-0.3, -0.25) is 14.9 Å². The lowest BCUT2D eigenvalue weighted by atomic mass is 10.2. The van der Waals surface area contributed by atoms with Crippen LogP contribution in [0.25, 0.3) is 6.08 Å². The lowest BCUT2D eigenvalue weighted by molar-refractivity contribution is -0.384. The molecular weight excluding hydrogens is 280 g/mol. The zero-order valence-electron chi connectivity index (χ0n) is 11.3. The van der Waals surface area contributed by atoms with Crippen LogP contribution in [-0.4, -0.2) is 17.4 Å². The highest BCUT2D eigenvalue weighted by Crippen LogP contribution is 2.25. The Balaban J connectivity index is 2.59. The van der Waals surface area contributed by atoms with Gasteiger partial charge in [0.25, 0.3) is 5.69 Å². The van der Waals surface area contributed by atoms with Crippen LogP contribution < -0.4 is 5.32 Å². The van der Waals surface area contributed by atoms with E-state index in [1.54, 1.807) is 6.07 Å². The fourth-order valence-corrected chi connectivity index (χ4v) is 1.78. The van der Waals surface area contributed by atoms with Gasteiger partial charge in [-0.1, -0.05) is 37.4 Å². The molecule has 0 aliphatic rings. The molecular formula is C14H17ClN2O3. The number of carbonyl (C=O) groups excluding carboxylic acids is 1. The molecule has 0 heterocycles. The van der Waals surface area contributed by atoms with E-state index in [-0.39, 0.29) is 16.6 Å². The van der Waals surface area contributed by atoms with Crippen LogP contribution in [0.5, 0.6) is 0 Å². The van der Waals surface area contributed by atoms with Crippen molar-refractivity contribution in [2.75, 3.05) is 6.54 Å². The molecule has 1 aromatic carbocycles. The van der Waals surface area contributed by atoms with E-state index in [0.29, 0.717) is 12.1 Å². The first kappa shape index (κ1) is 16.2. The Morgan fingerprint density at radius 2 is 2.20 bits per heavy atom. The third-order valence-corrected chi connectivity index (χ3v) is 2.99. The summed E-state index contributed by atoms with van der Waals surface area (Å²) in [6, 6.07) is 4.40. The molecule has 0 bridgehead atoms. The molecule has 0 aliphatic carbocycles. The number of hydrogen-bond acceptors (Lipinski definition) is 3. The first-order valence-electron chi connectivity index (χ1n) is 6.44. The van der Waals surface area contributed by atoms with Gasteiger partial charge in [-0.15, -0.1) is 0 Å². The molecule has 5 nitrogen and oxygen atoms in total. The molecule has 1 amide bonds. The number of nitro groups is 1. The van der Waals surface area contributed by atoms with Crippen LogP contribution in [0.3, 0.4) is 0 Å². The molecule has 1 rings (SSSR count). The Morgan fingerprint density at radius 3 is 2.85 bits per heavy atom. The van der Waals surface area contributed by atoms with Crippen LogP contribution in [0.2, 0.25) is 5.02 Å². The van der Waals surface area contributed by atoms with Gasteiger partial charge in [-0.05, 0) is 24.1 Å². The molecule has 0 spiro atoms. The number of nitrogens with one attached hydrogen (secondary N) is 1. The maximum Gasteiger partial charge on any atom is 0.288 e. The molecule has 0 radical (unpaired) electrons. The number of hydrogen-bond donors (Lipinski definition) is 1. The normalized spacial score (nSPS) is 10.7. The molecule has 0 unspecified atom stereocenters. The number of benzene rings is 1. The molecule has 1 N–H and O–H groups in total. The van der Waals surface area contributed by atoms with Crippen LogP contribution in [0, 0.1) is 10.1 Å². The van der Waals surface area contributed by atoms with Crippen molar-refractivity contribution in [2.24, 2.45) is 0 Å². The summed E-state index contributed by atoms with van der Waals surface area (Å²) in [5, 5.41) is 13.6. The maximum absolute atomic E-state index is 11.5. The summed E-state index contributed by atoms with van der Waals surface area (Å²) in [5.41, 5.74) is 0.391. The second-order valence-corrected chi connectivity index (χ2v) is 4.71. The molecule has 0 atom stereocenters. The van der Waals surface area contributed by atoms with E-state index in [9.17, 15) is 14.9 Å². The van der Waals surface area contributed by atoms with E-state index in [0.717, 1.165) is 19.3 Å². The van der Waals surface area contributed by atoms with Crippen molar-refractivity contribution in [1.29, 1.82) is 0 Å². The maximum atomic E-state index is 11.5. The van der Waals surface area contributed by atoms with Gasteiger partial charge in [0.15, 0.2) is 0 Å². The minimum absolute atomic E-state index is 0.0798. The number of nitrogens with zero attached hydrogens (tertiary/aromatic N) is 1. The SMILES string of the molecule is CCCCCNC(=O)/C=C/c1ccc(Cl)c([N+](=O)[O-])c1. The van der Waals surface area contributed by atoms with Crippen LogP contribution in [0.1, 0.15) is 31.7 Å². The average molecular weight is 297 g/mol. The number of unbranched alkanes of at least 4 members (excludes halogenated alkanes) is 2. The van der Waals surface area contributed by atoms with Crippen molar-refractivity contribution in [3.05, 3.63) is 45.0 Å². The van der Waals surface area contributed by atoms with E-state index < -0.39 is 4.92 Å². The fourth-order valence-electron chi connectivity index (χ4n) is 1.59. The van der Waals surface area contributed by atoms with Crippen molar-refractivity contribution in [1.82, 2.24) is 5.32 Å². The number of nitro benzene ring substituents is 1. The molecule has 6 heteroatoms. The Hall–Kier alpha value is -1.88. The van der Waals surface area contributed by atoms with Crippen molar-refractivity contribution in [3.63, 3.8) is 0 Å². The van der Waals surface area contributed by atoms with Crippen molar-refractivity contribution in [2.45, 2.75) is 26.2 Å². The molecule has 108 valence electrons. The van der Waals surface area contributed by atoms with E-state index in [1.165, 1.54) is 24.3 Å². The van der Waals surface area contributed by atoms with Crippen molar-refractivity contribution >= 4 is 29.3 Å². The highest BCUT2D eigenvalue weighted by atomic mass is 35.5. The van der Waals surface area contributed by atoms with E-state index in [4.69, 9.17) is 11.6 Å². The molecule has 0 saturated carbocycles. The topological polar surface area (TPSA) is 72.2 Å². The molecule has 1 aromatic rings. The number of carbonyl (C=O) groups is 1. The molecule has 20 heavy (non-hydrogen) atoms. The van der Waals surface area contributed by atoms with Crippen molar-refractivity contribution < 1.29 is 9.72 Å². The summed E-state index contributed by atoms with van der Waals surface area (Å²) < 4.78 is 0. The Kier molecular flexibility index (Phi) is 6.73. The summed E-state index contributed by atoms with van der Waals surface area (Å²) in [4.78, 5) is 21.7. The first-order chi connectivity index (χ1) is 9.54. The van der Waals surface area contributed by atoms with Crippen LogP contribution in [0.15, 0.2) is 24.3 Å². The summed E-state index contributed by atoms with van der Waals surface area (Å²) in [5.74, 6) is -0.210.